The van der Waals surface area contributed by atoms with Gasteiger partial charge in [-0.15, -0.1) is 0 Å². The van der Waals surface area contributed by atoms with Crippen LogP contribution in [0.3, 0.4) is 0 Å². The van der Waals surface area contributed by atoms with E-state index in [1.54, 1.807) is 6.08 Å². The van der Waals surface area contributed by atoms with Crippen molar-refractivity contribution in [3.05, 3.63) is 12.2 Å². The summed E-state index contributed by atoms with van der Waals surface area (Å²) < 4.78 is 11.2. The molecule has 0 aromatic heterocycles. The van der Waals surface area contributed by atoms with Crippen molar-refractivity contribution in [1.82, 2.24) is 5.32 Å². The number of carbonyl (C=O) groups is 1. The van der Waals surface area contributed by atoms with Crippen molar-refractivity contribution >= 4 is 5.91 Å². The topological polar surface area (TPSA) is 149 Å². The molecule has 2 unspecified atom stereocenters. The number of unbranched alkanes of at least 4 members (excludes halogenated alkanes) is 22. The number of aliphatic hydroxyl groups excluding tert-OH is 5. The quantitative estimate of drug-likeness (QED) is 0.0328. The Morgan fingerprint density at radius 1 is 0.688 bits per heavy atom. The van der Waals surface area contributed by atoms with Crippen LogP contribution in [0.5, 0.6) is 0 Å². The zero-order chi connectivity index (χ0) is 35.2. The number of rotatable bonds is 32. The van der Waals surface area contributed by atoms with Gasteiger partial charge < -0.3 is 40.3 Å². The molecule has 9 nitrogen and oxygen atoms in total. The Kier molecular flexibility index (Phi) is 28.8. The number of ether oxygens (including phenoxy) is 2. The first-order valence-electron chi connectivity index (χ1n) is 19.9. The first-order valence-corrected chi connectivity index (χ1v) is 19.9. The highest BCUT2D eigenvalue weighted by molar-refractivity contribution is 5.76. The number of nitrogens with one attached hydrogen (secondary N) is 1. The Morgan fingerprint density at radius 3 is 1.62 bits per heavy atom. The van der Waals surface area contributed by atoms with Crippen LogP contribution >= 0.6 is 0 Å². The number of hydrogen-bond donors (Lipinski definition) is 6. The zero-order valence-corrected chi connectivity index (χ0v) is 30.7. The van der Waals surface area contributed by atoms with E-state index < -0.39 is 49.5 Å². The molecule has 6 N–H and O–H groups in total. The minimum absolute atomic E-state index is 0.179. The van der Waals surface area contributed by atoms with E-state index in [4.69, 9.17) is 9.47 Å². The second-order valence-corrected chi connectivity index (χ2v) is 14.1. The van der Waals surface area contributed by atoms with Gasteiger partial charge in [-0.3, -0.25) is 4.79 Å². The summed E-state index contributed by atoms with van der Waals surface area (Å²) in [7, 11) is 0. The molecule has 1 rings (SSSR count). The molecular formula is C39H75NO8. The number of amides is 1. The second-order valence-electron chi connectivity index (χ2n) is 14.1. The van der Waals surface area contributed by atoms with Gasteiger partial charge in [0.1, 0.15) is 24.4 Å². The second kappa shape index (κ2) is 30.7. The Balaban J connectivity index is 2.44. The Morgan fingerprint density at radius 2 is 1.15 bits per heavy atom. The van der Waals surface area contributed by atoms with Crippen LogP contribution in [0, 0.1) is 0 Å². The van der Waals surface area contributed by atoms with Crippen LogP contribution in [0.15, 0.2) is 12.2 Å². The van der Waals surface area contributed by atoms with E-state index in [-0.39, 0.29) is 12.5 Å². The van der Waals surface area contributed by atoms with Crippen LogP contribution in [-0.2, 0) is 14.3 Å². The average Bonchev–Trinajstić information content (AvgIpc) is 3.08. The van der Waals surface area contributed by atoms with Crippen molar-refractivity contribution in [1.29, 1.82) is 0 Å². The van der Waals surface area contributed by atoms with Gasteiger partial charge in [0, 0.05) is 6.42 Å². The largest absolute Gasteiger partial charge is 0.394 e. The van der Waals surface area contributed by atoms with Crippen LogP contribution in [0.4, 0.5) is 0 Å². The van der Waals surface area contributed by atoms with E-state index in [9.17, 15) is 30.3 Å². The fourth-order valence-electron chi connectivity index (χ4n) is 6.33. The SMILES string of the molecule is CCCCCCCCCCCCCC/C=C/[C@@H](O)[C@H](CO[C@@H]1O[C@H](CO)[C@@H](O)C(O)C1O)NC(=O)CCCCCCCCCCCCC. The molecule has 284 valence electrons. The van der Waals surface area contributed by atoms with Crippen LogP contribution < -0.4 is 5.32 Å². The van der Waals surface area contributed by atoms with E-state index in [0.717, 1.165) is 38.5 Å². The highest BCUT2D eigenvalue weighted by Crippen LogP contribution is 2.22. The predicted molar refractivity (Wildman–Crippen MR) is 194 cm³/mol. The lowest BCUT2D eigenvalue weighted by Crippen LogP contribution is -2.60. The van der Waals surface area contributed by atoms with Gasteiger partial charge in [-0.25, -0.2) is 0 Å². The maximum absolute atomic E-state index is 12.8. The fourth-order valence-corrected chi connectivity index (χ4v) is 6.33. The lowest BCUT2D eigenvalue weighted by molar-refractivity contribution is -0.302. The summed E-state index contributed by atoms with van der Waals surface area (Å²) in [6.45, 7) is 3.74. The summed E-state index contributed by atoms with van der Waals surface area (Å²) in [6.07, 6.45) is 25.3. The molecule has 0 saturated carbocycles. The van der Waals surface area contributed by atoms with E-state index in [2.05, 4.69) is 19.2 Å². The first-order chi connectivity index (χ1) is 23.3. The lowest BCUT2D eigenvalue weighted by atomic mass is 9.99. The maximum Gasteiger partial charge on any atom is 0.220 e. The molecule has 1 aliphatic heterocycles. The fraction of sp³-hybridized carbons (Fsp3) is 0.923. The standard InChI is InChI=1S/C39H75NO8/c1-3-5-7-9-11-13-15-16-17-19-20-22-24-26-28-33(42)32(31-47-39-38(46)37(45)36(44)34(30-41)48-39)40-35(43)29-27-25-23-21-18-14-12-10-8-6-4-2/h26,28,32-34,36-39,41-42,44-46H,3-25,27,29-31H2,1-2H3,(H,40,43)/b28-26+/t32-,33+,34+,36+,37?,38?,39+/m0/s1. The molecule has 1 amide bonds. The van der Waals surface area contributed by atoms with E-state index in [1.807, 2.05) is 6.08 Å². The van der Waals surface area contributed by atoms with Gasteiger partial charge in [-0.2, -0.15) is 0 Å². The molecule has 7 atom stereocenters. The van der Waals surface area contributed by atoms with Crippen LogP contribution in [0.1, 0.15) is 174 Å². The Labute approximate surface area is 293 Å². The molecule has 0 aromatic carbocycles. The predicted octanol–water partition coefficient (Wildman–Crippen LogP) is 7.00. The monoisotopic (exact) mass is 686 g/mol. The van der Waals surface area contributed by atoms with E-state index in [1.165, 1.54) is 116 Å². The van der Waals surface area contributed by atoms with Gasteiger partial charge in [-0.05, 0) is 19.3 Å². The minimum atomic E-state index is -1.56. The van der Waals surface area contributed by atoms with Crippen LogP contribution in [0.2, 0.25) is 0 Å². The molecule has 1 heterocycles. The Hall–Kier alpha value is -1.07. The molecule has 0 radical (unpaired) electrons. The smallest absolute Gasteiger partial charge is 0.220 e. The molecule has 0 bridgehead atoms. The van der Waals surface area contributed by atoms with Crippen molar-refractivity contribution in [3.63, 3.8) is 0 Å². The van der Waals surface area contributed by atoms with Gasteiger partial charge in [0.25, 0.3) is 0 Å². The van der Waals surface area contributed by atoms with Crippen molar-refractivity contribution in [3.8, 4) is 0 Å². The van der Waals surface area contributed by atoms with Gasteiger partial charge in [0.2, 0.25) is 5.91 Å². The summed E-state index contributed by atoms with van der Waals surface area (Å²) >= 11 is 0. The zero-order valence-electron chi connectivity index (χ0n) is 30.7. The first kappa shape index (κ1) is 45.0. The summed E-state index contributed by atoms with van der Waals surface area (Å²) in [6, 6.07) is -0.796. The number of hydrogen-bond acceptors (Lipinski definition) is 8. The highest BCUT2D eigenvalue weighted by atomic mass is 16.7. The minimum Gasteiger partial charge on any atom is -0.394 e. The van der Waals surface area contributed by atoms with Crippen LogP contribution in [0.25, 0.3) is 0 Å². The van der Waals surface area contributed by atoms with Crippen molar-refractivity contribution in [2.75, 3.05) is 13.2 Å². The molecular weight excluding hydrogens is 610 g/mol. The summed E-state index contributed by atoms with van der Waals surface area (Å²) in [4.78, 5) is 12.8. The van der Waals surface area contributed by atoms with E-state index >= 15 is 0 Å². The van der Waals surface area contributed by atoms with Gasteiger partial charge in [-0.1, -0.05) is 161 Å². The normalized spacial score (nSPS) is 22.7. The third-order valence-electron chi connectivity index (χ3n) is 9.61. The number of allylic oxidation sites excluding steroid dienone is 1. The van der Waals surface area contributed by atoms with Crippen molar-refractivity contribution < 1.29 is 39.8 Å². The van der Waals surface area contributed by atoms with E-state index in [0.29, 0.717) is 6.42 Å². The number of aliphatic hydroxyl groups is 5. The van der Waals surface area contributed by atoms with Gasteiger partial charge in [0.05, 0.1) is 25.4 Å². The molecule has 0 aliphatic carbocycles. The third kappa shape index (κ3) is 21.9. The molecule has 0 aromatic rings. The Bertz CT molecular complexity index is 766. The summed E-state index contributed by atoms with van der Waals surface area (Å²) in [5.74, 6) is -0.179. The third-order valence-corrected chi connectivity index (χ3v) is 9.61. The average molecular weight is 686 g/mol. The highest BCUT2D eigenvalue weighted by Gasteiger charge is 2.44. The van der Waals surface area contributed by atoms with Crippen molar-refractivity contribution in [2.24, 2.45) is 0 Å². The van der Waals surface area contributed by atoms with Crippen molar-refractivity contribution in [2.45, 2.75) is 217 Å². The van der Waals surface area contributed by atoms with Gasteiger partial charge >= 0.3 is 0 Å². The summed E-state index contributed by atoms with van der Waals surface area (Å²) in [5.41, 5.74) is 0. The molecule has 9 heteroatoms. The van der Waals surface area contributed by atoms with Gasteiger partial charge in [0.15, 0.2) is 6.29 Å². The molecule has 48 heavy (non-hydrogen) atoms. The van der Waals surface area contributed by atoms with Crippen LogP contribution in [-0.4, -0.2) is 87.5 Å². The maximum atomic E-state index is 12.8. The molecule has 0 spiro atoms. The molecule has 1 saturated heterocycles. The molecule has 1 fully saturated rings. The lowest BCUT2D eigenvalue weighted by Gasteiger charge is -2.40. The molecule has 1 aliphatic rings. The number of carbonyl (C=O) groups excluding carboxylic acids is 1. The summed E-state index contributed by atoms with van der Waals surface area (Å²) in [5, 5.41) is 53.9.